The van der Waals surface area contributed by atoms with Crippen LogP contribution >= 0.6 is 0 Å². The molecule has 0 spiro atoms. The van der Waals surface area contributed by atoms with Gasteiger partial charge in [0, 0.05) is 18.3 Å². The highest BCUT2D eigenvalue weighted by Crippen LogP contribution is 2.20. The van der Waals surface area contributed by atoms with Crippen molar-refractivity contribution in [3.63, 3.8) is 0 Å². The maximum Gasteiger partial charge on any atom is 0.305 e. The molecule has 0 heterocycles. The van der Waals surface area contributed by atoms with Crippen LogP contribution in [0.15, 0.2) is 30.3 Å². The van der Waals surface area contributed by atoms with E-state index in [-0.39, 0.29) is 6.42 Å². The lowest BCUT2D eigenvalue weighted by Gasteiger charge is -2.32. The first-order chi connectivity index (χ1) is 8.50. The molecule has 1 aromatic rings. The van der Waals surface area contributed by atoms with Crippen molar-refractivity contribution < 1.29 is 9.90 Å². The number of anilines is 1. The van der Waals surface area contributed by atoms with Crippen LogP contribution in [0, 0.1) is 5.92 Å². The zero-order chi connectivity index (χ0) is 13.5. The summed E-state index contributed by atoms with van der Waals surface area (Å²) in [4.78, 5) is 12.9. The second kappa shape index (κ2) is 7.04. The van der Waals surface area contributed by atoms with Crippen LogP contribution in [0.25, 0.3) is 0 Å². The summed E-state index contributed by atoms with van der Waals surface area (Å²) in [7, 11) is 0. The van der Waals surface area contributed by atoms with Crippen LogP contribution in [-0.4, -0.2) is 23.7 Å². The highest BCUT2D eigenvalue weighted by atomic mass is 16.4. The van der Waals surface area contributed by atoms with Gasteiger partial charge in [-0.2, -0.15) is 0 Å². The first kappa shape index (κ1) is 14.6. The fourth-order valence-corrected chi connectivity index (χ4v) is 2.25. The molecule has 0 aliphatic rings. The molecule has 0 aliphatic heterocycles. The van der Waals surface area contributed by atoms with E-state index in [1.165, 1.54) is 0 Å². The second-order valence-corrected chi connectivity index (χ2v) is 5.15. The van der Waals surface area contributed by atoms with Crippen molar-refractivity contribution >= 4 is 11.7 Å². The van der Waals surface area contributed by atoms with Gasteiger partial charge in [0.05, 0.1) is 6.42 Å². The summed E-state index contributed by atoms with van der Waals surface area (Å²) in [6, 6.07) is 10.4. The van der Waals surface area contributed by atoms with E-state index >= 15 is 0 Å². The van der Waals surface area contributed by atoms with Gasteiger partial charge in [0.25, 0.3) is 0 Å². The standard InChI is InChI=1S/C15H23NO2/c1-12(2)11-13(3)16(10-9-15(17)18)14-7-5-4-6-8-14/h4-8,12-13H,9-11H2,1-3H3,(H,17,18). The molecule has 0 saturated heterocycles. The van der Waals surface area contributed by atoms with Gasteiger partial charge in [0.1, 0.15) is 0 Å². The predicted octanol–water partition coefficient (Wildman–Crippen LogP) is 3.40. The molecule has 18 heavy (non-hydrogen) atoms. The minimum atomic E-state index is -0.743. The first-order valence-electron chi connectivity index (χ1n) is 6.54. The normalized spacial score (nSPS) is 12.4. The predicted molar refractivity (Wildman–Crippen MR) is 75.0 cm³/mol. The molecule has 0 amide bonds. The summed E-state index contributed by atoms with van der Waals surface area (Å²) < 4.78 is 0. The molecular formula is C15H23NO2. The molecule has 100 valence electrons. The molecule has 1 atom stereocenters. The lowest BCUT2D eigenvalue weighted by atomic mass is 10.0. The average molecular weight is 249 g/mol. The summed E-state index contributed by atoms with van der Waals surface area (Å²) >= 11 is 0. The van der Waals surface area contributed by atoms with Crippen LogP contribution in [0.4, 0.5) is 5.69 Å². The third-order valence-corrected chi connectivity index (χ3v) is 3.00. The molecule has 0 radical (unpaired) electrons. The quantitative estimate of drug-likeness (QED) is 0.805. The number of nitrogens with zero attached hydrogens (tertiary/aromatic N) is 1. The van der Waals surface area contributed by atoms with Gasteiger partial charge in [-0.25, -0.2) is 0 Å². The Hall–Kier alpha value is -1.51. The number of aliphatic carboxylic acids is 1. The molecule has 0 saturated carbocycles. The third-order valence-electron chi connectivity index (χ3n) is 3.00. The zero-order valence-corrected chi connectivity index (χ0v) is 11.5. The van der Waals surface area contributed by atoms with Gasteiger partial charge in [0.15, 0.2) is 0 Å². The van der Waals surface area contributed by atoms with E-state index in [0.29, 0.717) is 18.5 Å². The molecule has 3 nitrogen and oxygen atoms in total. The van der Waals surface area contributed by atoms with Crippen molar-refractivity contribution in [2.24, 2.45) is 5.92 Å². The van der Waals surface area contributed by atoms with Crippen LogP contribution in [-0.2, 0) is 4.79 Å². The molecular weight excluding hydrogens is 226 g/mol. The van der Waals surface area contributed by atoms with E-state index in [9.17, 15) is 4.79 Å². The molecule has 1 rings (SSSR count). The molecule has 0 aliphatic carbocycles. The molecule has 1 N–H and O–H groups in total. The lowest BCUT2D eigenvalue weighted by molar-refractivity contribution is -0.136. The Bertz CT molecular complexity index is 362. The molecule has 1 unspecified atom stereocenters. The molecule has 0 aromatic heterocycles. The van der Waals surface area contributed by atoms with E-state index in [2.05, 4.69) is 25.7 Å². The maximum absolute atomic E-state index is 10.8. The Morgan fingerprint density at radius 2 is 1.83 bits per heavy atom. The molecule has 0 fully saturated rings. The van der Waals surface area contributed by atoms with Crippen molar-refractivity contribution in [2.75, 3.05) is 11.4 Å². The smallest absolute Gasteiger partial charge is 0.305 e. The molecule has 1 aromatic carbocycles. The topological polar surface area (TPSA) is 40.5 Å². The number of carbonyl (C=O) groups is 1. The van der Waals surface area contributed by atoms with E-state index < -0.39 is 5.97 Å². The molecule has 0 bridgehead atoms. The second-order valence-electron chi connectivity index (χ2n) is 5.15. The van der Waals surface area contributed by atoms with E-state index in [1.807, 2.05) is 30.3 Å². The fraction of sp³-hybridized carbons (Fsp3) is 0.533. The van der Waals surface area contributed by atoms with Crippen LogP contribution in [0.3, 0.4) is 0 Å². The highest BCUT2D eigenvalue weighted by Gasteiger charge is 2.16. The van der Waals surface area contributed by atoms with Crippen molar-refractivity contribution in [3.05, 3.63) is 30.3 Å². The first-order valence-corrected chi connectivity index (χ1v) is 6.54. The fourth-order valence-electron chi connectivity index (χ4n) is 2.25. The van der Waals surface area contributed by atoms with Gasteiger partial charge in [-0.15, -0.1) is 0 Å². The van der Waals surface area contributed by atoms with Gasteiger partial charge in [-0.3, -0.25) is 4.79 Å². The Morgan fingerprint density at radius 1 is 1.22 bits per heavy atom. The van der Waals surface area contributed by atoms with Crippen LogP contribution in [0.1, 0.15) is 33.6 Å². The Morgan fingerprint density at radius 3 is 2.33 bits per heavy atom. The highest BCUT2D eigenvalue weighted by molar-refractivity contribution is 5.67. The van der Waals surface area contributed by atoms with Gasteiger partial charge < -0.3 is 10.0 Å². The largest absolute Gasteiger partial charge is 0.481 e. The number of rotatable bonds is 7. The van der Waals surface area contributed by atoms with Crippen molar-refractivity contribution in [2.45, 2.75) is 39.7 Å². The SMILES string of the molecule is CC(C)CC(C)N(CCC(=O)O)c1ccccc1. The molecule has 3 heteroatoms. The van der Waals surface area contributed by atoms with Crippen LogP contribution in [0.5, 0.6) is 0 Å². The lowest BCUT2D eigenvalue weighted by Crippen LogP contribution is -2.35. The number of para-hydroxylation sites is 1. The minimum Gasteiger partial charge on any atom is -0.481 e. The number of hydrogen-bond acceptors (Lipinski definition) is 2. The van der Waals surface area contributed by atoms with E-state index in [0.717, 1.165) is 12.1 Å². The maximum atomic E-state index is 10.8. The zero-order valence-electron chi connectivity index (χ0n) is 11.5. The number of carboxylic acid groups (broad SMARTS) is 1. The summed E-state index contributed by atoms with van der Waals surface area (Å²) in [5.74, 6) is -0.135. The number of benzene rings is 1. The van der Waals surface area contributed by atoms with Crippen LogP contribution in [0.2, 0.25) is 0 Å². The Labute approximate surface area is 109 Å². The Balaban J connectivity index is 2.77. The summed E-state index contributed by atoms with van der Waals surface area (Å²) in [5.41, 5.74) is 1.10. The minimum absolute atomic E-state index is 0.178. The number of carboxylic acids is 1. The monoisotopic (exact) mass is 249 g/mol. The summed E-state index contributed by atoms with van der Waals surface area (Å²) in [5, 5.41) is 8.85. The third kappa shape index (κ3) is 4.78. The van der Waals surface area contributed by atoms with Crippen molar-refractivity contribution in [1.82, 2.24) is 0 Å². The Kier molecular flexibility index (Phi) is 5.69. The van der Waals surface area contributed by atoms with E-state index in [1.54, 1.807) is 0 Å². The summed E-state index contributed by atoms with van der Waals surface area (Å²) in [6.45, 7) is 7.11. The summed E-state index contributed by atoms with van der Waals surface area (Å²) in [6.07, 6.45) is 1.24. The van der Waals surface area contributed by atoms with Gasteiger partial charge in [-0.05, 0) is 31.4 Å². The van der Waals surface area contributed by atoms with Gasteiger partial charge in [0.2, 0.25) is 0 Å². The van der Waals surface area contributed by atoms with E-state index in [4.69, 9.17) is 5.11 Å². The van der Waals surface area contributed by atoms with Crippen molar-refractivity contribution in [3.8, 4) is 0 Å². The van der Waals surface area contributed by atoms with Gasteiger partial charge in [-0.1, -0.05) is 32.0 Å². The van der Waals surface area contributed by atoms with Gasteiger partial charge >= 0.3 is 5.97 Å². The number of hydrogen-bond donors (Lipinski definition) is 1. The average Bonchev–Trinajstić information content (AvgIpc) is 2.29. The van der Waals surface area contributed by atoms with Crippen molar-refractivity contribution in [1.29, 1.82) is 0 Å². The van der Waals surface area contributed by atoms with Crippen LogP contribution < -0.4 is 4.90 Å².